The standard InChI is InChI=1S/C13H24O10S2/c1-8(11(14)20-6)22-24(16,17)10(3)13(4,5)25(18,19)23-9(2)12(15)21-7/h8-10H,1-7H3. The fourth-order valence-electron chi connectivity index (χ4n) is 1.56. The highest BCUT2D eigenvalue weighted by molar-refractivity contribution is 7.92. The van der Waals surface area contributed by atoms with Crippen LogP contribution in [0, 0.1) is 0 Å². The molecule has 0 radical (unpaired) electrons. The van der Waals surface area contributed by atoms with E-state index in [0.29, 0.717) is 0 Å². The van der Waals surface area contributed by atoms with E-state index >= 15 is 0 Å². The number of hydrogen-bond donors (Lipinski definition) is 0. The van der Waals surface area contributed by atoms with Gasteiger partial charge >= 0.3 is 11.9 Å². The van der Waals surface area contributed by atoms with Gasteiger partial charge in [0, 0.05) is 0 Å². The van der Waals surface area contributed by atoms with Gasteiger partial charge in [-0.2, -0.15) is 16.8 Å². The fraction of sp³-hybridized carbons (Fsp3) is 0.846. The van der Waals surface area contributed by atoms with Crippen molar-refractivity contribution in [3.05, 3.63) is 0 Å². The van der Waals surface area contributed by atoms with E-state index in [1.807, 2.05) is 0 Å². The SMILES string of the molecule is COC(=O)C(C)OS(=O)(=O)C(C)C(C)(C)S(=O)(=O)OC(C)C(=O)OC. The van der Waals surface area contributed by atoms with Crippen molar-refractivity contribution in [2.24, 2.45) is 0 Å². The van der Waals surface area contributed by atoms with Gasteiger partial charge in [-0.3, -0.25) is 8.37 Å². The first-order valence-corrected chi connectivity index (χ1v) is 10.0. The van der Waals surface area contributed by atoms with Crippen LogP contribution in [0.25, 0.3) is 0 Å². The van der Waals surface area contributed by atoms with Gasteiger partial charge in [0.05, 0.1) is 14.2 Å². The molecule has 0 saturated heterocycles. The average molecular weight is 404 g/mol. The number of rotatable bonds is 9. The van der Waals surface area contributed by atoms with E-state index in [1.54, 1.807) is 0 Å². The van der Waals surface area contributed by atoms with Gasteiger partial charge in [-0.1, -0.05) is 0 Å². The van der Waals surface area contributed by atoms with Gasteiger partial charge in [0.15, 0.2) is 12.2 Å². The third kappa shape index (κ3) is 5.62. The molecule has 10 nitrogen and oxygen atoms in total. The Hall–Kier alpha value is -1.24. The molecule has 0 aliphatic carbocycles. The second kappa shape index (κ2) is 8.43. The van der Waals surface area contributed by atoms with E-state index in [4.69, 9.17) is 8.37 Å². The molecule has 0 N–H and O–H groups in total. The molecule has 0 aliphatic rings. The van der Waals surface area contributed by atoms with Gasteiger partial charge in [0.25, 0.3) is 20.2 Å². The molecule has 3 atom stereocenters. The molecule has 0 fully saturated rings. The van der Waals surface area contributed by atoms with Crippen molar-refractivity contribution in [1.82, 2.24) is 0 Å². The van der Waals surface area contributed by atoms with E-state index in [0.717, 1.165) is 48.8 Å². The van der Waals surface area contributed by atoms with Crippen molar-refractivity contribution in [2.45, 2.75) is 56.8 Å². The van der Waals surface area contributed by atoms with Gasteiger partial charge in [0.2, 0.25) is 0 Å². The predicted octanol–water partition coefficient (Wildman–Crippen LogP) is -0.0307. The summed E-state index contributed by atoms with van der Waals surface area (Å²) < 4.78 is 65.5. The molecule has 0 bridgehead atoms. The van der Waals surface area contributed by atoms with Crippen LogP contribution >= 0.6 is 0 Å². The van der Waals surface area contributed by atoms with Gasteiger partial charge in [0.1, 0.15) is 10.00 Å². The van der Waals surface area contributed by atoms with Crippen molar-refractivity contribution in [2.75, 3.05) is 14.2 Å². The largest absolute Gasteiger partial charge is 0.467 e. The van der Waals surface area contributed by atoms with E-state index in [9.17, 15) is 26.4 Å². The van der Waals surface area contributed by atoms with Crippen LogP contribution in [0.2, 0.25) is 0 Å². The zero-order valence-electron chi connectivity index (χ0n) is 15.1. The van der Waals surface area contributed by atoms with Crippen LogP contribution < -0.4 is 0 Å². The first kappa shape index (κ1) is 23.8. The van der Waals surface area contributed by atoms with Crippen LogP contribution in [0.1, 0.15) is 34.6 Å². The summed E-state index contributed by atoms with van der Waals surface area (Å²) in [4.78, 5) is 22.6. The molecule has 0 aromatic heterocycles. The molecule has 0 spiro atoms. The topological polar surface area (TPSA) is 139 Å². The van der Waals surface area contributed by atoms with Crippen molar-refractivity contribution >= 4 is 32.2 Å². The molecule has 0 saturated carbocycles. The summed E-state index contributed by atoms with van der Waals surface area (Å²) in [6.07, 6.45) is -2.91. The summed E-state index contributed by atoms with van der Waals surface area (Å²) in [5, 5.41) is -1.62. The lowest BCUT2D eigenvalue weighted by atomic mass is 10.1. The number of methoxy groups -OCH3 is 2. The molecule has 3 unspecified atom stereocenters. The summed E-state index contributed by atoms with van der Waals surface area (Å²) in [6.45, 7) is 5.58. The number of carbonyl (C=O) groups is 2. The highest BCUT2D eigenvalue weighted by Crippen LogP contribution is 2.30. The summed E-state index contributed by atoms with van der Waals surface area (Å²) in [7, 11) is -6.93. The minimum Gasteiger partial charge on any atom is -0.467 e. The van der Waals surface area contributed by atoms with E-state index in [2.05, 4.69) is 9.47 Å². The molecule has 0 rings (SSSR count). The Morgan fingerprint density at radius 2 is 1.16 bits per heavy atom. The van der Waals surface area contributed by atoms with Crippen LogP contribution in [0.3, 0.4) is 0 Å². The van der Waals surface area contributed by atoms with E-state index in [-0.39, 0.29) is 0 Å². The lowest BCUT2D eigenvalue weighted by Gasteiger charge is -2.31. The Kier molecular flexibility index (Phi) is 8.01. The van der Waals surface area contributed by atoms with Crippen LogP contribution in [0.5, 0.6) is 0 Å². The van der Waals surface area contributed by atoms with Gasteiger partial charge in [-0.25, -0.2) is 9.59 Å². The van der Waals surface area contributed by atoms with Crippen LogP contribution in [0.4, 0.5) is 0 Å². The van der Waals surface area contributed by atoms with Crippen molar-refractivity contribution in [3.8, 4) is 0 Å². The summed E-state index contributed by atoms with van der Waals surface area (Å²) in [6, 6.07) is 0. The highest BCUT2D eigenvalue weighted by atomic mass is 32.2. The first-order chi connectivity index (χ1) is 11.1. The number of ether oxygens (including phenoxy) is 2. The molecule has 148 valence electrons. The first-order valence-electron chi connectivity index (χ1n) is 7.14. The Morgan fingerprint density at radius 1 is 0.800 bits per heavy atom. The normalized spacial score (nSPS) is 16.6. The third-order valence-corrected chi connectivity index (χ3v) is 8.02. The van der Waals surface area contributed by atoms with Gasteiger partial charge in [-0.15, -0.1) is 0 Å². The lowest BCUT2D eigenvalue weighted by Crippen LogP contribution is -2.50. The summed E-state index contributed by atoms with van der Waals surface area (Å²) in [5.74, 6) is -1.88. The van der Waals surface area contributed by atoms with Crippen LogP contribution in [-0.4, -0.2) is 65.2 Å². The van der Waals surface area contributed by atoms with Gasteiger partial charge in [-0.05, 0) is 34.6 Å². The molecule has 25 heavy (non-hydrogen) atoms. The zero-order chi connectivity index (χ0) is 20.2. The van der Waals surface area contributed by atoms with E-state index in [1.165, 1.54) is 0 Å². The molecule has 12 heteroatoms. The van der Waals surface area contributed by atoms with Gasteiger partial charge < -0.3 is 9.47 Å². The smallest absolute Gasteiger partial charge is 0.336 e. The maximum absolute atomic E-state index is 12.4. The summed E-state index contributed by atoms with van der Waals surface area (Å²) >= 11 is 0. The Morgan fingerprint density at radius 3 is 1.52 bits per heavy atom. The summed E-state index contributed by atoms with van der Waals surface area (Å²) in [5.41, 5.74) is 0. The predicted molar refractivity (Wildman–Crippen MR) is 86.5 cm³/mol. The second-order valence-corrected chi connectivity index (χ2v) is 9.75. The minimum atomic E-state index is -4.53. The quantitative estimate of drug-likeness (QED) is 0.380. The second-order valence-electron chi connectivity index (χ2n) is 5.72. The molecular formula is C13H24O10S2. The molecule has 0 heterocycles. The Balaban J connectivity index is 5.54. The maximum atomic E-state index is 12.4. The molecule has 0 aromatic rings. The maximum Gasteiger partial charge on any atom is 0.336 e. The van der Waals surface area contributed by atoms with Crippen molar-refractivity contribution in [3.63, 3.8) is 0 Å². The van der Waals surface area contributed by atoms with Crippen molar-refractivity contribution in [1.29, 1.82) is 0 Å². The molecule has 0 amide bonds. The molecule has 0 aromatic carbocycles. The number of hydrogen-bond acceptors (Lipinski definition) is 10. The molecular weight excluding hydrogens is 380 g/mol. The average Bonchev–Trinajstić information content (AvgIpc) is 2.50. The van der Waals surface area contributed by atoms with Crippen LogP contribution in [0.15, 0.2) is 0 Å². The number of esters is 2. The zero-order valence-corrected chi connectivity index (χ0v) is 16.8. The highest BCUT2D eigenvalue weighted by Gasteiger charge is 2.49. The number of carbonyl (C=O) groups excluding carboxylic acids is 2. The Labute approximate surface area is 148 Å². The Bertz CT molecular complexity index is 692. The monoisotopic (exact) mass is 404 g/mol. The van der Waals surface area contributed by atoms with Crippen LogP contribution in [-0.2, 0) is 47.7 Å². The third-order valence-electron chi connectivity index (χ3n) is 3.67. The lowest BCUT2D eigenvalue weighted by molar-refractivity contribution is -0.148. The minimum absolute atomic E-state index is 0.938. The van der Waals surface area contributed by atoms with E-state index < -0.39 is 54.4 Å². The van der Waals surface area contributed by atoms with Crippen molar-refractivity contribution < 1.29 is 44.3 Å². The molecule has 0 aliphatic heterocycles. The fourth-order valence-corrected chi connectivity index (χ4v) is 4.72.